The van der Waals surface area contributed by atoms with E-state index >= 15 is 0 Å². The Kier molecular flexibility index (Phi) is 6.57. The Balaban J connectivity index is 1.68. The van der Waals surface area contributed by atoms with Crippen LogP contribution in [0.1, 0.15) is 92.4 Å². The Morgan fingerprint density at radius 3 is 2.53 bits per heavy atom. The maximum absolute atomic E-state index is 12.3. The predicted molar refractivity (Wildman–Crippen MR) is 125 cm³/mol. The minimum absolute atomic E-state index is 0.0675. The molecule has 0 aliphatic heterocycles. The number of carboxylic acids is 1. The zero-order chi connectivity index (χ0) is 23.4. The number of fused-ring (bicyclic) bond motifs is 5. The van der Waals surface area contributed by atoms with Gasteiger partial charge in [0.05, 0.1) is 6.10 Å². The van der Waals surface area contributed by atoms with Crippen molar-refractivity contribution in [2.75, 3.05) is 0 Å². The molecule has 4 aliphatic carbocycles. The SMILES string of the molecule is CC(C)NC1C[C@H]2[C@@H](C(O)C[C@@H]3CC(=O)CC[C@@]32C)[C@@H]2CC[C@H]([C@H](C)CCC(=O)O)[C@@]12C. The van der Waals surface area contributed by atoms with Gasteiger partial charge >= 0.3 is 5.97 Å². The van der Waals surface area contributed by atoms with Gasteiger partial charge in [-0.25, -0.2) is 0 Å². The minimum atomic E-state index is -0.703. The summed E-state index contributed by atoms with van der Waals surface area (Å²) < 4.78 is 0. The monoisotopic (exact) mass is 447 g/mol. The molecule has 2 unspecified atom stereocenters. The molecule has 4 fully saturated rings. The fourth-order valence-corrected chi connectivity index (χ4v) is 9.18. The first-order chi connectivity index (χ1) is 15.0. The van der Waals surface area contributed by atoms with Gasteiger partial charge in [-0.15, -0.1) is 0 Å². The Morgan fingerprint density at radius 2 is 1.88 bits per heavy atom. The van der Waals surface area contributed by atoms with E-state index < -0.39 is 5.97 Å². The van der Waals surface area contributed by atoms with E-state index in [1.165, 1.54) is 0 Å². The lowest BCUT2D eigenvalue weighted by Gasteiger charge is -2.64. The van der Waals surface area contributed by atoms with E-state index in [1.807, 2.05) is 0 Å². The van der Waals surface area contributed by atoms with Crippen LogP contribution in [0.25, 0.3) is 0 Å². The molecule has 4 saturated carbocycles. The molecule has 5 nitrogen and oxygen atoms in total. The summed E-state index contributed by atoms with van der Waals surface area (Å²) in [6.45, 7) is 11.6. The maximum Gasteiger partial charge on any atom is 0.303 e. The molecular formula is C27H45NO4. The first-order valence-electron chi connectivity index (χ1n) is 13.2. The number of carbonyl (C=O) groups is 2. The molecule has 0 aromatic heterocycles. The van der Waals surface area contributed by atoms with Gasteiger partial charge in [0.1, 0.15) is 5.78 Å². The molecule has 32 heavy (non-hydrogen) atoms. The molecule has 0 saturated heterocycles. The molecule has 3 N–H and O–H groups in total. The molecule has 5 heteroatoms. The summed E-state index contributed by atoms with van der Waals surface area (Å²) >= 11 is 0. The smallest absolute Gasteiger partial charge is 0.303 e. The van der Waals surface area contributed by atoms with Crippen molar-refractivity contribution in [3.63, 3.8) is 0 Å². The van der Waals surface area contributed by atoms with E-state index in [4.69, 9.17) is 0 Å². The molecule has 0 spiro atoms. The van der Waals surface area contributed by atoms with Crippen LogP contribution in [0.3, 0.4) is 0 Å². The van der Waals surface area contributed by atoms with Gasteiger partial charge < -0.3 is 15.5 Å². The third-order valence-corrected chi connectivity index (χ3v) is 10.8. The lowest BCUT2D eigenvalue weighted by atomic mass is 9.42. The molecule has 0 amide bonds. The van der Waals surface area contributed by atoms with Crippen molar-refractivity contribution in [1.82, 2.24) is 5.32 Å². The topological polar surface area (TPSA) is 86.6 Å². The molecule has 0 heterocycles. The quantitative estimate of drug-likeness (QED) is 0.551. The van der Waals surface area contributed by atoms with Gasteiger partial charge in [0.15, 0.2) is 0 Å². The average molecular weight is 448 g/mol. The highest BCUT2D eigenvalue weighted by Gasteiger charge is 2.65. The van der Waals surface area contributed by atoms with Crippen molar-refractivity contribution in [2.45, 2.75) is 111 Å². The number of carbonyl (C=O) groups excluding carboxylic acids is 1. The molecular weight excluding hydrogens is 402 g/mol. The molecule has 0 bridgehead atoms. The molecule has 182 valence electrons. The van der Waals surface area contributed by atoms with E-state index in [0.29, 0.717) is 66.2 Å². The van der Waals surface area contributed by atoms with Crippen LogP contribution in [0, 0.1) is 46.3 Å². The molecule has 10 atom stereocenters. The van der Waals surface area contributed by atoms with Crippen LogP contribution in [0.15, 0.2) is 0 Å². The largest absolute Gasteiger partial charge is 0.481 e. The highest BCUT2D eigenvalue weighted by atomic mass is 16.4. The van der Waals surface area contributed by atoms with Gasteiger partial charge in [-0.3, -0.25) is 9.59 Å². The summed E-state index contributed by atoms with van der Waals surface area (Å²) in [5.41, 5.74) is 0.209. The fraction of sp³-hybridized carbons (Fsp3) is 0.926. The van der Waals surface area contributed by atoms with Crippen molar-refractivity contribution in [3.8, 4) is 0 Å². The average Bonchev–Trinajstić information content (AvgIpc) is 3.06. The first-order valence-corrected chi connectivity index (χ1v) is 13.2. The number of ketones is 1. The number of hydrogen-bond acceptors (Lipinski definition) is 4. The van der Waals surface area contributed by atoms with Crippen LogP contribution in [-0.4, -0.2) is 40.2 Å². The maximum atomic E-state index is 12.3. The van der Waals surface area contributed by atoms with Gasteiger partial charge in [0, 0.05) is 31.3 Å². The van der Waals surface area contributed by atoms with E-state index in [-0.39, 0.29) is 23.4 Å². The summed E-state index contributed by atoms with van der Waals surface area (Å²) in [5, 5.41) is 24.7. The highest BCUT2D eigenvalue weighted by molar-refractivity contribution is 5.79. The summed E-state index contributed by atoms with van der Waals surface area (Å²) in [4.78, 5) is 23.5. The lowest BCUT2D eigenvalue weighted by Crippen LogP contribution is -2.65. The van der Waals surface area contributed by atoms with E-state index in [1.54, 1.807) is 0 Å². The second-order valence-electron chi connectivity index (χ2n) is 12.6. The summed E-state index contributed by atoms with van der Waals surface area (Å²) in [6.07, 6.45) is 7.08. The van der Waals surface area contributed by atoms with Crippen LogP contribution in [0.2, 0.25) is 0 Å². The number of aliphatic hydroxyl groups excluding tert-OH is 1. The number of nitrogens with one attached hydrogen (secondary N) is 1. The number of Topliss-reactive ketones (excluding diaryl/α,β-unsaturated/α-hetero) is 1. The number of rotatable bonds is 6. The van der Waals surface area contributed by atoms with E-state index in [0.717, 1.165) is 38.5 Å². The minimum Gasteiger partial charge on any atom is -0.481 e. The zero-order valence-corrected chi connectivity index (χ0v) is 20.8. The third-order valence-electron chi connectivity index (χ3n) is 10.8. The Hall–Kier alpha value is -0.940. The third kappa shape index (κ3) is 3.85. The van der Waals surface area contributed by atoms with E-state index in [2.05, 4.69) is 39.9 Å². The normalized spacial score (nSPS) is 47.0. The predicted octanol–water partition coefficient (Wildman–Crippen LogP) is 4.66. The van der Waals surface area contributed by atoms with Crippen molar-refractivity contribution < 1.29 is 19.8 Å². The fourth-order valence-electron chi connectivity index (χ4n) is 9.18. The number of hydrogen-bond donors (Lipinski definition) is 3. The molecule has 0 aromatic carbocycles. The number of carboxylic acid groups (broad SMARTS) is 1. The van der Waals surface area contributed by atoms with Crippen molar-refractivity contribution in [3.05, 3.63) is 0 Å². The Bertz CT molecular complexity index is 737. The second kappa shape index (κ2) is 8.69. The van der Waals surface area contributed by atoms with Crippen LogP contribution < -0.4 is 5.32 Å². The van der Waals surface area contributed by atoms with Crippen LogP contribution in [0.4, 0.5) is 0 Å². The van der Waals surface area contributed by atoms with Gasteiger partial charge in [0.2, 0.25) is 0 Å². The summed E-state index contributed by atoms with van der Waals surface area (Å²) in [6, 6.07) is 0.753. The van der Waals surface area contributed by atoms with Crippen LogP contribution >= 0.6 is 0 Å². The second-order valence-corrected chi connectivity index (χ2v) is 12.6. The summed E-state index contributed by atoms with van der Waals surface area (Å²) in [7, 11) is 0. The van der Waals surface area contributed by atoms with Crippen molar-refractivity contribution in [2.24, 2.45) is 46.3 Å². The highest BCUT2D eigenvalue weighted by Crippen LogP contribution is 2.68. The molecule has 0 aromatic rings. The Labute approximate surface area is 194 Å². The van der Waals surface area contributed by atoms with Crippen LogP contribution in [0.5, 0.6) is 0 Å². The summed E-state index contributed by atoms with van der Waals surface area (Å²) in [5.74, 6) is 2.05. The Morgan fingerprint density at radius 1 is 1.16 bits per heavy atom. The van der Waals surface area contributed by atoms with Crippen molar-refractivity contribution >= 4 is 11.8 Å². The van der Waals surface area contributed by atoms with E-state index in [9.17, 15) is 19.8 Å². The van der Waals surface area contributed by atoms with Crippen molar-refractivity contribution in [1.29, 1.82) is 0 Å². The molecule has 0 radical (unpaired) electrons. The number of aliphatic hydroxyl groups is 1. The van der Waals surface area contributed by atoms with Gasteiger partial charge in [-0.2, -0.15) is 0 Å². The standard InChI is InChI=1S/C27H45NO4/c1-15(2)28-23-14-21-25(22(30)13-17-12-18(29)10-11-26(17,21)4)20-8-7-19(27(20,23)5)16(3)6-9-24(31)32/h15-17,19-23,25,28,30H,6-14H2,1-5H3,(H,31,32)/t16-,17+,19-,20+,21+,22?,23?,25+,26+,27-/m1/s1. The van der Waals surface area contributed by atoms with Gasteiger partial charge in [-0.1, -0.05) is 34.6 Å². The van der Waals surface area contributed by atoms with Gasteiger partial charge in [-0.05, 0) is 84.9 Å². The number of aliphatic carboxylic acids is 1. The zero-order valence-electron chi connectivity index (χ0n) is 20.8. The van der Waals surface area contributed by atoms with Gasteiger partial charge in [0.25, 0.3) is 0 Å². The molecule has 4 rings (SSSR count). The molecule has 4 aliphatic rings. The lowest BCUT2D eigenvalue weighted by molar-refractivity contribution is -0.177. The first kappa shape index (κ1) is 24.2. The van der Waals surface area contributed by atoms with Crippen LogP contribution in [-0.2, 0) is 9.59 Å².